The van der Waals surface area contributed by atoms with Crippen LogP contribution in [0.5, 0.6) is 11.5 Å². The summed E-state index contributed by atoms with van der Waals surface area (Å²) >= 11 is 11.9. The predicted molar refractivity (Wildman–Crippen MR) is 93.4 cm³/mol. The van der Waals surface area contributed by atoms with Gasteiger partial charge in [-0.15, -0.1) is 0 Å². The number of carboxylic acid groups (broad SMARTS) is 1. The topological polar surface area (TPSA) is 66.8 Å². The van der Waals surface area contributed by atoms with Gasteiger partial charge in [0.05, 0.1) is 10.0 Å². The van der Waals surface area contributed by atoms with Crippen LogP contribution >= 0.6 is 23.2 Å². The van der Waals surface area contributed by atoms with Crippen molar-refractivity contribution in [1.29, 1.82) is 0 Å². The molecule has 3 aromatic rings. The van der Waals surface area contributed by atoms with Crippen molar-refractivity contribution >= 4 is 39.9 Å². The quantitative estimate of drug-likeness (QED) is 0.674. The first-order valence-corrected chi connectivity index (χ1v) is 7.77. The second-order valence-electron chi connectivity index (χ2n) is 5.19. The average molecular weight is 363 g/mol. The molecule has 0 aliphatic heterocycles. The highest BCUT2D eigenvalue weighted by Gasteiger charge is 2.13. The maximum absolute atomic E-state index is 11.1. The smallest absolute Gasteiger partial charge is 0.339 e. The lowest BCUT2D eigenvalue weighted by molar-refractivity contribution is 0.0694. The van der Waals surface area contributed by atoms with Crippen LogP contribution in [0.3, 0.4) is 0 Å². The van der Waals surface area contributed by atoms with Gasteiger partial charge in [-0.3, -0.25) is 0 Å². The van der Waals surface area contributed by atoms with E-state index in [1.54, 1.807) is 36.4 Å². The summed E-state index contributed by atoms with van der Waals surface area (Å²) in [5.41, 5.74) is 0.692. The molecule has 0 amide bonds. The molecule has 0 saturated carbocycles. The lowest BCUT2D eigenvalue weighted by Crippen LogP contribution is -1.99. The van der Waals surface area contributed by atoms with Crippen LogP contribution in [0.4, 0.5) is 0 Å². The van der Waals surface area contributed by atoms with Gasteiger partial charge in [-0.1, -0.05) is 41.4 Å². The Morgan fingerprint density at radius 2 is 1.83 bits per heavy atom. The number of rotatable bonds is 4. The van der Waals surface area contributed by atoms with Crippen molar-refractivity contribution < 1.29 is 19.7 Å². The molecule has 0 unspecified atom stereocenters. The zero-order valence-electron chi connectivity index (χ0n) is 12.3. The molecule has 24 heavy (non-hydrogen) atoms. The van der Waals surface area contributed by atoms with Gasteiger partial charge in [0.2, 0.25) is 0 Å². The molecule has 0 aromatic heterocycles. The first-order chi connectivity index (χ1) is 11.5. The fourth-order valence-corrected chi connectivity index (χ4v) is 2.69. The predicted octanol–water partition coefficient (Wildman–Crippen LogP) is 5.13. The molecule has 2 N–H and O–H groups in total. The van der Waals surface area contributed by atoms with Crippen LogP contribution in [0.2, 0.25) is 10.0 Å². The monoisotopic (exact) mass is 362 g/mol. The summed E-state index contributed by atoms with van der Waals surface area (Å²) in [7, 11) is 0. The number of aromatic hydroxyl groups is 1. The summed E-state index contributed by atoms with van der Waals surface area (Å²) in [4.78, 5) is 11.1. The first-order valence-electron chi connectivity index (χ1n) is 7.01. The number of hydrogen-bond acceptors (Lipinski definition) is 3. The third-order valence-corrected chi connectivity index (χ3v) is 4.30. The lowest BCUT2D eigenvalue weighted by atomic mass is 10.1. The van der Waals surface area contributed by atoms with Gasteiger partial charge in [-0.25, -0.2) is 4.79 Å². The lowest BCUT2D eigenvalue weighted by Gasteiger charge is -2.11. The summed E-state index contributed by atoms with van der Waals surface area (Å²) in [5.74, 6) is -0.956. The Kier molecular flexibility index (Phi) is 4.51. The van der Waals surface area contributed by atoms with E-state index >= 15 is 0 Å². The van der Waals surface area contributed by atoms with Gasteiger partial charge in [0.1, 0.15) is 23.7 Å². The van der Waals surface area contributed by atoms with Gasteiger partial charge in [0.25, 0.3) is 0 Å². The number of fused-ring (bicyclic) bond motifs is 1. The largest absolute Gasteiger partial charge is 0.507 e. The highest BCUT2D eigenvalue weighted by atomic mass is 35.5. The molecule has 0 bridgehead atoms. The van der Waals surface area contributed by atoms with Crippen molar-refractivity contribution in [2.75, 3.05) is 0 Å². The van der Waals surface area contributed by atoms with Crippen LogP contribution in [0.1, 0.15) is 15.9 Å². The Labute approximate surface area is 147 Å². The van der Waals surface area contributed by atoms with Crippen molar-refractivity contribution in [3.63, 3.8) is 0 Å². The SMILES string of the molecule is O=C(O)c1cc2cccc(OCc3ccc(Cl)c(Cl)c3)c2cc1O. The fraction of sp³-hybridized carbons (Fsp3) is 0.0556. The van der Waals surface area contributed by atoms with Gasteiger partial charge in [0, 0.05) is 5.39 Å². The summed E-state index contributed by atoms with van der Waals surface area (Å²) in [6.45, 7) is 0.261. The molecule has 0 heterocycles. The molecule has 6 heteroatoms. The number of carbonyl (C=O) groups is 1. The molecule has 3 rings (SSSR count). The van der Waals surface area contributed by atoms with Crippen LogP contribution in [0.15, 0.2) is 48.5 Å². The van der Waals surface area contributed by atoms with E-state index in [9.17, 15) is 9.90 Å². The van der Waals surface area contributed by atoms with E-state index in [0.717, 1.165) is 5.56 Å². The molecule has 0 aliphatic rings. The van der Waals surface area contributed by atoms with E-state index in [2.05, 4.69) is 0 Å². The van der Waals surface area contributed by atoms with Gasteiger partial charge in [0.15, 0.2) is 0 Å². The summed E-state index contributed by atoms with van der Waals surface area (Å²) in [5, 5.41) is 21.2. The number of phenols is 1. The van der Waals surface area contributed by atoms with Crippen LogP contribution in [0.25, 0.3) is 10.8 Å². The Bertz CT molecular complexity index is 938. The van der Waals surface area contributed by atoms with Gasteiger partial charge in [-0.05, 0) is 41.3 Å². The molecular weight excluding hydrogens is 351 g/mol. The Morgan fingerprint density at radius 3 is 2.54 bits per heavy atom. The molecule has 0 saturated heterocycles. The normalized spacial score (nSPS) is 10.8. The van der Waals surface area contributed by atoms with Crippen molar-refractivity contribution in [3.8, 4) is 11.5 Å². The number of hydrogen-bond donors (Lipinski definition) is 2. The van der Waals surface area contributed by atoms with Crippen LogP contribution in [0, 0.1) is 0 Å². The molecule has 0 fully saturated rings. The summed E-state index contributed by atoms with van der Waals surface area (Å²) < 4.78 is 5.80. The maximum atomic E-state index is 11.1. The highest BCUT2D eigenvalue weighted by Crippen LogP contribution is 2.32. The van der Waals surface area contributed by atoms with E-state index in [1.165, 1.54) is 12.1 Å². The van der Waals surface area contributed by atoms with E-state index in [0.29, 0.717) is 26.6 Å². The van der Waals surface area contributed by atoms with Gasteiger partial charge in [-0.2, -0.15) is 0 Å². The minimum atomic E-state index is -1.18. The highest BCUT2D eigenvalue weighted by molar-refractivity contribution is 6.42. The van der Waals surface area contributed by atoms with Gasteiger partial charge < -0.3 is 14.9 Å². The average Bonchev–Trinajstić information content (AvgIpc) is 2.55. The fourth-order valence-electron chi connectivity index (χ4n) is 2.37. The number of carboxylic acids is 1. The summed E-state index contributed by atoms with van der Waals surface area (Å²) in [6.07, 6.45) is 0. The van der Waals surface area contributed by atoms with Crippen molar-refractivity contribution in [2.24, 2.45) is 0 Å². The number of halogens is 2. The minimum Gasteiger partial charge on any atom is -0.507 e. The third-order valence-electron chi connectivity index (χ3n) is 3.57. The van der Waals surface area contributed by atoms with E-state index in [4.69, 9.17) is 33.0 Å². The van der Waals surface area contributed by atoms with E-state index < -0.39 is 5.97 Å². The van der Waals surface area contributed by atoms with Crippen LogP contribution in [-0.4, -0.2) is 16.2 Å². The molecule has 0 aliphatic carbocycles. The van der Waals surface area contributed by atoms with E-state index in [1.807, 2.05) is 0 Å². The van der Waals surface area contributed by atoms with E-state index in [-0.39, 0.29) is 17.9 Å². The minimum absolute atomic E-state index is 0.149. The molecule has 122 valence electrons. The summed E-state index contributed by atoms with van der Waals surface area (Å²) in [6, 6.07) is 13.3. The molecule has 4 nitrogen and oxygen atoms in total. The Balaban J connectivity index is 1.93. The van der Waals surface area contributed by atoms with Crippen molar-refractivity contribution in [1.82, 2.24) is 0 Å². The standard InChI is InChI=1S/C18H12Cl2O4/c19-14-5-4-10(6-15(14)20)9-24-17-3-1-2-11-7-13(18(22)23)16(21)8-12(11)17/h1-8,21H,9H2,(H,22,23). The maximum Gasteiger partial charge on any atom is 0.339 e. The number of ether oxygens (including phenoxy) is 1. The van der Waals surface area contributed by atoms with Crippen molar-refractivity contribution in [2.45, 2.75) is 6.61 Å². The molecular formula is C18H12Cl2O4. The zero-order valence-corrected chi connectivity index (χ0v) is 13.8. The first kappa shape index (κ1) is 16.4. The molecule has 3 aromatic carbocycles. The van der Waals surface area contributed by atoms with Gasteiger partial charge >= 0.3 is 5.97 Å². The Morgan fingerprint density at radius 1 is 1.04 bits per heavy atom. The number of aromatic carboxylic acids is 1. The van der Waals surface area contributed by atoms with Crippen molar-refractivity contribution in [3.05, 3.63) is 69.7 Å². The molecule has 0 radical (unpaired) electrons. The second kappa shape index (κ2) is 6.59. The van der Waals surface area contributed by atoms with Crippen LogP contribution < -0.4 is 4.74 Å². The van der Waals surface area contributed by atoms with Crippen LogP contribution in [-0.2, 0) is 6.61 Å². The molecule has 0 spiro atoms. The molecule has 0 atom stereocenters. The zero-order chi connectivity index (χ0) is 17.3. The number of benzene rings is 3. The second-order valence-corrected chi connectivity index (χ2v) is 6.00. The third kappa shape index (κ3) is 3.25. The Hall–Kier alpha value is -2.43.